The van der Waals surface area contributed by atoms with Crippen LogP contribution in [0.3, 0.4) is 0 Å². The number of nitrogens with zero attached hydrogens (tertiary/aromatic N) is 2. The Morgan fingerprint density at radius 1 is 1.41 bits per heavy atom. The molecule has 0 spiro atoms. The Kier molecular flexibility index (Phi) is 4.24. The van der Waals surface area contributed by atoms with E-state index < -0.39 is 0 Å². The minimum absolute atomic E-state index is 0.228. The van der Waals surface area contributed by atoms with E-state index in [9.17, 15) is 5.11 Å². The molecule has 3 heteroatoms. The van der Waals surface area contributed by atoms with E-state index in [4.69, 9.17) is 0 Å². The zero-order valence-corrected chi connectivity index (χ0v) is 11.0. The zero-order chi connectivity index (χ0) is 12.3. The summed E-state index contributed by atoms with van der Waals surface area (Å²) >= 11 is 0. The van der Waals surface area contributed by atoms with Gasteiger partial charge in [0.15, 0.2) is 0 Å². The van der Waals surface area contributed by atoms with Gasteiger partial charge >= 0.3 is 0 Å². The van der Waals surface area contributed by atoms with Gasteiger partial charge in [0.2, 0.25) is 0 Å². The maximum Gasteiger partial charge on any atom is 0.0807 e. The molecule has 0 radical (unpaired) electrons. The summed E-state index contributed by atoms with van der Waals surface area (Å²) in [6, 6.07) is 2.10. The highest BCUT2D eigenvalue weighted by Gasteiger charge is 2.20. The van der Waals surface area contributed by atoms with Crippen LogP contribution in [0.4, 0.5) is 0 Å². The summed E-state index contributed by atoms with van der Waals surface area (Å²) in [7, 11) is 0. The average Bonchev–Trinajstić information content (AvgIpc) is 2.75. The van der Waals surface area contributed by atoms with Gasteiger partial charge in [0.05, 0.1) is 6.10 Å². The molecule has 1 atom stereocenters. The average molecular weight is 236 g/mol. The number of fused-ring (bicyclic) bond motifs is 1. The Morgan fingerprint density at radius 2 is 2.18 bits per heavy atom. The number of rotatable bonds is 5. The van der Waals surface area contributed by atoms with Crippen LogP contribution in [-0.4, -0.2) is 34.2 Å². The van der Waals surface area contributed by atoms with E-state index in [0.29, 0.717) is 0 Å². The highest BCUT2D eigenvalue weighted by atomic mass is 16.3. The van der Waals surface area contributed by atoms with E-state index in [0.717, 1.165) is 51.0 Å². The summed E-state index contributed by atoms with van der Waals surface area (Å²) in [5.74, 6) is 0. The lowest BCUT2D eigenvalue weighted by molar-refractivity contribution is 0.155. The number of hydrogen-bond acceptors (Lipinski definition) is 2. The molecule has 1 unspecified atom stereocenters. The fourth-order valence-corrected chi connectivity index (χ4v) is 2.73. The van der Waals surface area contributed by atoms with Gasteiger partial charge in [-0.3, -0.25) is 0 Å². The molecule has 0 bridgehead atoms. The summed E-state index contributed by atoms with van der Waals surface area (Å²) in [4.78, 5) is 2.44. The first-order valence-corrected chi connectivity index (χ1v) is 6.84. The van der Waals surface area contributed by atoms with E-state index in [-0.39, 0.29) is 6.10 Å². The summed E-state index contributed by atoms with van der Waals surface area (Å²) in [6.45, 7) is 8.79. The molecule has 1 aromatic heterocycles. The van der Waals surface area contributed by atoms with Gasteiger partial charge in [-0.2, -0.15) is 0 Å². The molecular weight excluding hydrogens is 212 g/mol. The molecule has 0 saturated carbocycles. The van der Waals surface area contributed by atoms with Crippen molar-refractivity contribution in [1.29, 1.82) is 0 Å². The third-order valence-corrected chi connectivity index (χ3v) is 3.92. The van der Waals surface area contributed by atoms with Crippen molar-refractivity contribution < 1.29 is 5.11 Å². The molecule has 1 heterocycles. The van der Waals surface area contributed by atoms with Gasteiger partial charge in [0.25, 0.3) is 0 Å². The third-order valence-electron chi connectivity index (χ3n) is 3.92. The van der Waals surface area contributed by atoms with Crippen molar-refractivity contribution in [3.63, 3.8) is 0 Å². The third kappa shape index (κ3) is 2.72. The monoisotopic (exact) mass is 236 g/mol. The molecule has 1 aliphatic rings. The summed E-state index contributed by atoms with van der Waals surface area (Å²) in [5, 5.41) is 9.92. The van der Waals surface area contributed by atoms with Crippen LogP contribution in [0.25, 0.3) is 0 Å². The molecule has 0 aromatic carbocycles. The number of aromatic nitrogens is 1. The van der Waals surface area contributed by atoms with Crippen molar-refractivity contribution in [3.8, 4) is 0 Å². The van der Waals surface area contributed by atoms with Crippen LogP contribution < -0.4 is 0 Å². The quantitative estimate of drug-likeness (QED) is 0.849. The SMILES string of the molecule is CCN(CC)CCn1ccc2c1CCCC2O. The van der Waals surface area contributed by atoms with Crippen LogP contribution in [0.1, 0.15) is 44.1 Å². The van der Waals surface area contributed by atoms with E-state index >= 15 is 0 Å². The normalized spacial score (nSPS) is 19.6. The molecule has 3 nitrogen and oxygen atoms in total. The van der Waals surface area contributed by atoms with Crippen LogP contribution in [-0.2, 0) is 13.0 Å². The van der Waals surface area contributed by atoms with E-state index in [1.807, 2.05) is 0 Å². The smallest absolute Gasteiger partial charge is 0.0807 e. The fourth-order valence-electron chi connectivity index (χ4n) is 2.73. The van der Waals surface area contributed by atoms with E-state index in [1.54, 1.807) is 0 Å². The van der Waals surface area contributed by atoms with Gasteiger partial charge in [-0.15, -0.1) is 0 Å². The van der Waals surface area contributed by atoms with E-state index in [1.165, 1.54) is 5.69 Å². The molecule has 1 N–H and O–H groups in total. The van der Waals surface area contributed by atoms with Crippen LogP contribution in [0.2, 0.25) is 0 Å². The number of hydrogen-bond donors (Lipinski definition) is 1. The largest absolute Gasteiger partial charge is 0.388 e. The second kappa shape index (κ2) is 5.69. The standard InChI is InChI=1S/C14H24N2O/c1-3-15(4-2)10-11-16-9-8-12-13(16)6-5-7-14(12)17/h8-9,14,17H,3-7,10-11H2,1-2H3. The summed E-state index contributed by atoms with van der Waals surface area (Å²) in [5.41, 5.74) is 2.52. The Labute approximate surface area is 104 Å². The topological polar surface area (TPSA) is 28.4 Å². The first-order chi connectivity index (χ1) is 8.26. The van der Waals surface area contributed by atoms with Gasteiger partial charge in [0.1, 0.15) is 0 Å². The van der Waals surface area contributed by atoms with Crippen LogP contribution in [0.15, 0.2) is 12.3 Å². The lowest BCUT2D eigenvalue weighted by atomic mass is 9.95. The van der Waals surface area contributed by atoms with Gasteiger partial charge < -0.3 is 14.6 Å². The van der Waals surface area contributed by atoms with Crippen molar-refractivity contribution >= 4 is 0 Å². The summed E-state index contributed by atoms with van der Waals surface area (Å²) < 4.78 is 2.33. The highest BCUT2D eigenvalue weighted by Crippen LogP contribution is 2.30. The van der Waals surface area contributed by atoms with Crippen molar-refractivity contribution in [2.75, 3.05) is 19.6 Å². The minimum Gasteiger partial charge on any atom is -0.388 e. The molecule has 1 aliphatic carbocycles. The van der Waals surface area contributed by atoms with Gasteiger partial charge in [0, 0.05) is 30.5 Å². The zero-order valence-electron chi connectivity index (χ0n) is 11.0. The predicted octanol–water partition coefficient (Wildman–Crippen LogP) is 2.20. The molecule has 0 amide bonds. The first kappa shape index (κ1) is 12.7. The fraction of sp³-hybridized carbons (Fsp3) is 0.714. The lowest BCUT2D eigenvalue weighted by Crippen LogP contribution is -2.27. The highest BCUT2D eigenvalue weighted by molar-refractivity contribution is 5.27. The number of likely N-dealkylation sites (N-methyl/N-ethyl adjacent to an activating group) is 1. The molecule has 2 rings (SSSR count). The van der Waals surface area contributed by atoms with Crippen molar-refractivity contribution in [3.05, 3.63) is 23.5 Å². The van der Waals surface area contributed by atoms with Crippen molar-refractivity contribution in [1.82, 2.24) is 9.47 Å². The van der Waals surface area contributed by atoms with E-state index in [2.05, 4.69) is 35.6 Å². The molecular formula is C14H24N2O. The Bertz CT molecular complexity index is 355. The Balaban J connectivity index is 2.02. The van der Waals surface area contributed by atoms with Crippen LogP contribution in [0, 0.1) is 0 Å². The van der Waals surface area contributed by atoms with Gasteiger partial charge in [-0.1, -0.05) is 13.8 Å². The first-order valence-electron chi connectivity index (χ1n) is 6.84. The Hall–Kier alpha value is -0.800. The van der Waals surface area contributed by atoms with Crippen molar-refractivity contribution in [2.24, 2.45) is 0 Å². The predicted molar refractivity (Wildman–Crippen MR) is 70.1 cm³/mol. The molecule has 1 aromatic rings. The molecule has 0 saturated heterocycles. The maximum atomic E-state index is 9.92. The molecule has 96 valence electrons. The maximum absolute atomic E-state index is 9.92. The number of aliphatic hydroxyl groups is 1. The van der Waals surface area contributed by atoms with Gasteiger partial charge in [-0.05, 0) is 38.4 Å². The van der Waals surface area contributed by atoms with Crippen LogP contribution in [0.5, 0.6) is 0 Å². The second-order valence-corrected chi connectivity index (χ2v) is 4.85. The molecule has 0 aliphatic heterocycles. The van der Waals surface area contributed by atoms with Crippen LogP contribution >= 0.6 is 0 Å². The van der Waals surface area contributed by atoms with Gasteiger partial charge in [-0.25, -0.2) is 0 Å². The minimum atomic E-state index is -0.228. The molecule has 0 fully saturated rings. The van der Waals surface area contributed by atoms with Crippen molar-refractivity contribution in [2.45, 2.75) is 45.8 Å². The number of aliphatic hydroxyl groups excluding tert-OH is 1. The lowest BCUT2D eigenvalue weighted by Gasteiger charge is -2.22. The Morgan fingerprint density at radius 3 is 2.88 bits per heavy atom. The molecule has 17 heavy (non-hydrogen) atoms. The summed E-state index contributed by atoms with van der Waals surface area (Å²) in [6.07, 6.45) is 5.07. The second-order valence-electron chi connectivity index (χ2n) is 4.85.